The summed E-state index contributed by atoms with van der Waals surface area (Å²) in [6.45, 7) is 9.34. The van der Waals surface area contributed by atoms with Crippen LogP contribution in [-0.4, -0.2) is 41.4 Å². The highest BCUT2D eigenvalue weighted by Crippen LogP contribution is 2.13. The second-order valence-electron chi connectivity index (χ2n) is 5.79. The third-order valence-electron chi connectivity index (χ3n) is 3.15. The van der Waals surface area contributed by atoms with E-state index in [1.165, 1.54) is 0 Å². The summed E-state index contributed by atoms with van der Waals surface area (Å²) in [6, 6.07) is 8.20. The molecule has 0 unspecified atom stereocenters. The zero-order valence-corrected chi connectivity index (χ0v) is 13.8. The van der Waals surface area contributed by atoms with E-state index in [1.54, 1.807) is 0 Å². The lowest BCUT2D eigenvalue weighted by Gasteiger charge is -2.32. The number of benzene rings is 1. The Labute approximate surface area is 127 Å². The zero-order chi connectivity index (χ0) is 15.3. The van der Waals surface area contributed by atoms with E-state index in [-0.39, 0.29) is 18.0 Å². The smallest absolute Gasteiger partial charge is 0.237 e. The fourth-order valence-corrected chi connectivity index (χ4v) is 2.70. The Morgan fingerprint density at radius 1 is 1.20 bits per heavy atom. The molecular weight excluding hydrogens is 272 g/mol. The van der Waals surface area contributed by atoms with Gasteiger partial charge in [0.15, 0.2) is 0 Å². The van der Waals surface area contributed by atoms with Crippen LogP contribution in [-0.2, 0) is 11.3 Å². The monoisotopic (exact) mass is 296 g/mol. The second kappa shape index (κ2) is 7.65. The quantitative estimate of drug-likeness (QED) is 0.803. The predicted octanol–water partition coefficient (Wildman–Crippen LogP) is 3.42. The van der Waals surface area contributed by atoms with Crippen molar-refractivity contribution in [2.24, 2.45) is 0 Å². The molecule has 0 fully saturated rings. The molecule has 20 heavy (non-hydrogen) atoms. The fourth-order valence-electron chi connectivity index (χ4n) is 2.49. The van der Waals surface area contributed by atoms with Crippen molar-refractivity contribution in [2.75, 3.05) is 13.6 Å². The Morgan fingerprint density at radius 2 is 1.80 bits per heavy atom. The number of rotatable bonds is 6. The van der Waals surface area contributed by atoms with Crippen molar-refractivity contribution in [1.82, 2.24) is 9.80 Å². The van der Waals surface area contributed by atoms with Crippen molar-refractivity contribution in [3.8, 4) is 0 Å². The summed E-state index contributed by atoms with van der Waals surface area (Å²) in [5.41, 5.74) is 1.12. The zero-order valence-electron chi connectivity index (χ0n) is 13.1. The molecule has 0 saturated heterocycles. The van der Waals surface area contributed by atoms with Crippen molar-refractivity contribution >= 4 is 17.5 Å². The van der Waals surface area contributed by atoms with Gasteiger partial charge in [0.2, 0.25) is 5.91 Å². The van der Waals surface area contributed by atoms with Crippen molar-refractivity contribution < 1.29 is 4.79 Å². The molecule has 0 atom stereocenters. The van der Waals surface area contributed by atoms with E-state index in [1.807, 2.05) is 41.1 Å². The van der Waals surface area contributed by atoms with Crippen LogP contribution < -0.4 is 0 Å². The van der Waals surface area contributed by atoms with Gasteiger partial charge in [0.05, 0.1) is 6.54 Å². The van der Waals surface area contributed by atoms with Crippen LogP contribution in [0.25, 0.3) is 0 Å². The molecule has 0 aliphatic rings. The Kier molecular flexibility index (Phi) is 6.50. The van der Waals surface area contributed by atoms with Crippen molar-refractivity contribution in [3.05, 3.63) is 34.9 Å². The first-order chi connectivity index (χ1) is 9.31. The number of halogens is 1. The average molecular weight is 297 g/mol. The van der Waals surface area contributed by atoms with Crippen molar-refractivity contribution in [1.29, 1.82) is 0 Å². The number of carbonyl (C=O) groups is 1. The molecule has 112 valence electrons. The van der Waals surface area contributed by atoms with Crippen LogP contribution in [0.15, 0.2) is 24.3 Å². The van der Waals surface area contributed by atoms with E-state index in [2.05, 4.69) is 27.7 Å². The summed E-state index contributed by atoms with van der Waals surface area (Å²) in [5.74, 6) is 0.166. The molecule has 0 aliphatic heterocycles. The molecule has 1 aromatic rings. The van der Waals surface area contributed by atoms with E-state index in [4.69, 9.17) is 11.6 Å². The van der Waals surface area contributed by atoms with E-state index in [0.717, 1.165) is 17.1 Å². The summed E-state index contributed by atoms with van der Waals surface area (Å²) in [5, 5.41) is 0.730. The molecule has 0 N–H and O–H groups in total. The number of hydrogen-bond donors (Lipinski definition) is 0. The second-order valence-corrected chi connectivity index (χ2v) is 6.23. The molecule has 0 aromatic heterocycles. The normalized spacial score (nSPS) is 11.4. The molecule has 3 nitrogen and oxygen atoms in total. The molecule has 0 bridgehead atoms. The van der Waals surface area contributed by atoms with Gasteiger partial charge >= 0.3 is 0 Å². The minimum atomic E-state index is 0.166. The summed E-state index contributed by atoms with van der Waals surface area (Å²) in [6.07, 6.45) is 0. The van der Waals surface area contributed by atoms with Crippen LogP contribution in [0, 0.1) is 0 Å². The van der Waals surface area contributed by atoms with Gasteiger partial charge in [-0.3, -0.25) is 9.69 Å². The minimum absolute atomic E-state index is 0.166. The molecule has 1 amide bonds. The number of hydrogen-bond acceptors (Lipinski definition) is 2. The van der Waals surface area contributed by atoms with Crippen LogP contribution in [0.5, 0.6) is 0 Å². The SMILES string of the molecule is CC(C)N(C(=O)CN(C)Cc1cccc(Cl)c1)C(C)C. The number of carbonyl (C=O) groups excluding carboxylic acids is 1. The van der Waals surface area contributed by atoms with Crippen molar-refractivity contribution in [3.63, 3.8) is 0 Å². The summed E-state index contributed by atoms with van der Waals surface area (Å²) < 4.78 is 0. The maximum Gasteiger partial charge on any atom is 0.237 e. The molecule has 0 aliphatic carbocycles. The highest BCUT2D eigenvalue weighted by Gasteiger charge is 2.21. The van der Waals surface area contributed by atoms with Gasteiger partial charge in [-0.25, -0.2) is 0 Å². The van der Waals surface area contributed by atoms with Crippen LogP contribution in [0.4, 0.5) is 0 Å². The molecular formula is C16H25ClN2O. The standard InChI is InChI=1S/C16H25ClN2O/c1-12(2)19(13(3)4)16(20)11-18(5)10-14-7-6-8-15(17)9-14/h6-9,12-13H,10-11H2,1-5H3. The van der Waals surface area contributed by atoms with E-state index >= 15 is 0 Å². The lowest BCUT2D eigenvalue weighted by atomic mass is 10.2. The number of nitrogens with zero attached hydrogens (tertiary/aromatic N) is 2. The maximum absolute atomic E-state index is 12.4. The lowest BCUT2D eigenvalue weighted by Crippen LogP contribution is -2.46. The van der Waals surface area contributed by atoms with Gasteiger partial charge in [-0.1, -0.05) is 23.7 Å². The van der Waals surface area contributed by atoms with Crippen LogP contribution in [0.2, 0.25) is 5.02 Å². The first kappa shape index (κ1) is 17.0. The Hall–Kier alpha value is -1.06. The lowest BCUT2D eigenvalue weighted by molar-refractivity contribution is -0.135. The Balaban J connectivity index is 2.61. The Morgan fingerprint density at radius 3 is 2.30 bits per heavy atom. The average Bonchev–Trinajstić information content (AvgIpc) is 2.26. The minimum Gasteiger partial charge on any atom is -0.337 e. The highest BCUT2D eigenvalue weighted by molar-refractivity contribution is 6.30. The fraction of sp³-hybridized carbons (Fsp3) is 0.562. The largest absolute Gasteiger partial charge is 0.337 e. The maximum atomic E-state index is 12.4. The summed E-state index contributed by atoms with van der Waals surface area (Å²) >= 11 is 5.97. The number of likely N-dealkylation sites (N-methyl/N-ethyl adjacent to an activating group) is 1. The number of amides is 1. The van der Waals surface area contributed by atoms with E-state index in [9.17, 15) is 4.79 Å². The molecule has 1 aromatic carbocycles. The molecule has 0 spiro atoms. The van der Waals surface area contributed by atoms with Gasteiger partial charge in [0, 0.05) is 23.7 Å². The molecule has 4 heteroatoms. The third kappa shape index (κ3) is 5.14. The van der Waals surface area contributed by atoms with Gasteiger partial charge in [0.25, 0.3) is 0 Å². The van der Waals surface area contributed by atoms with Gasteiger partial charge in [0.1, 0.15) is 0 Å². The van der Waals surface area contributed by atoms with E-state index in [0.29, 0.717) is 6.54 Å². The van der Waals surface area contributed by atoms with Crippen LogP contribution >= 0.6 is 11.6 Å². The van der Waals surface area contributed by atoms with Gasteiger partial charge in [-0.15, -0.1) is 0 Å². The first-order valence-electron chi connectivity index (χ1n) is 7.05. The van der Waals surface area contributed by atoms with Crippen LogP contribution in [0.3, 0.4) is 0 Å². The molecule has 0 radical (unpaired) electrons. The first-order valence-corrected chi connectivity index (χ1v) is 7.43. The van der Waals surface area contributed by atoms with E-state index < -0.39 is 0 Å². The molecule has 0 heterocycles. The summed E-state index contributed by atoms with van der Waals surface area (Å²) in [7, 11) is 1.96. The predicted molar refractivity (Wildman–Crippen MR) is 84.9 cm³/mol. The van der Waals surface area contributed by atoms with Gasteiger partial charge in [-0.2, -0.15) is 0 Å². The van der Waals surface area contributed by atoms with Crippen molar-refractivity contribution in [2.45, 2.75) is 46.3 Å². The van der Waals surface area contributed by atoms with Gasteiger partial charge in [-0.05, 0) is 52.4 Å². The third-order valence-corrected chi connectivity index (χ3v) is 3.38. The van der Waals surface area contributed by atoms with Gasteiger partial charge < -0.3 is 4.90 Å². The van der Waals surface area contributed by atoms with Crippen LogP contribution in [0.1, 0.15) is 33.3 Å². The highest BCUT2D eigenvalue weighted by atomic mass is 35.5. The Bertz CT molecular complexity index is 438. The summed E-state index contributed by atoms with van der Waals surface area (Å²) in [4.78, 5) is 16.3. The molecule has 0 saturated carbocycles. The topological polar surface area (TPSA) is 23.6 Å². The molecule has 1 rings (SSSR count).